The average Bonchev–Trinajstić information content (AvgIpc) is 2.93. The van der Waals surface area contributed by atoms with Crippen molar-refractivity contribution in [3.63, 3.8) is 0 Å². The third-order valence-corrected chi connectivity index (χ3v) is 3.56. The molecule has 0 radical (unpaired) electrons. The molecule has 0 bridgehead atoms. The molecule has 1 amide bonds. The van der Waals surface area contributed by atoms with Gasteiger partial charge < -0.3 is 15.5 Å². The summed E-state index contributed by atoms with van der Waals surface area (Å²) in [5, 5.41) is 0. The summed E-state index contributed by atoms with van der Waals surface area (Å²) in [6.45, 7) is 5.22. The van der Waals surface area contributed by atoms with Crippen molar-refractivity contribution in [2.24, 2.45) is 0 Å². The maximum atomic E-state index is 12.3. The standard InChI is InChI=1S/C15H23N3O/c1-2-9-18(14-8-4-3-7-13(14)16)12-15(19)17-10-5-6-11-17/h3-4,7-8H,2,5-6,9-12,16H2,1H3. The van der Waals surface area contributed by atoms with Crippen LogP contribution in [0.25, 0.3) is 0 Å². The second kappa shape index (κ2) is 6.45. The molecule has 1 aliphatic heterocycles. The van der Waals surface area contributed by atoms with Gasteiger partial charge in [-0.2, -0.15) is 0 Å². The third-order valence-electron chi connectivity index (χ3n) is 3.56. The van der Waals surface area contributed by atoms with Crippen molar-refractivity contribution in [1.82, 2.24) is 4.90 Å². The molecule has 104 valence electrons. The van der Waals surface area contributed by atoms with Crippen molar-refractivity contribution in [3.05, 3.63) is 24.3 Å². The highest BCUT2D eigenvalue weighted by atomic mass is 16.2. The number of para-hydroxylation sites is 2. The Balaban J connectivity index is 2.07. The van der Waals surface area contributed by atoms with Crippen molar-refractivity contribution in [3.8, 4) is 0 Å². The third kappa shape index (κ3) is 3.40. The molecule has 0 unspecified atom stereocenters. The lowest BCUT2D eigenvalue weighted by molar-refractivity contribution is -0.128. The Bertz CT molecular complexity index is 427. The molecule has 4 nitrogen and oxygen atoms in total. The number of amides is 1. The zero-order valence-corrected chi connectivity index (χ0v) is 11.6. The Kier molecular flexibility index (Phi) is 4.66. The molecule has 1 aromatic rings. The zero-order chi connectivity index (χ0) is 13.7. The largest absolute Gasteiger partial charge is 0.397 e. The van der Waals surface area contributed by atoms with Gasteiger partial charge in [0.25, 0.3) is 0 Å². The van der Waals surface area contributed by atoms with Gasteiger partial charge in [0.1, 0.15) is 0 Å². The minimum atomic E-state index is 0.217. The Labute approximate surface area is 115 Å². The van der Waals surface area contributed by atoms with Crippen LogP contribution in [0.1, 0.15) is 26.2 Å². The number of nitrogens with zero attached hydrogens (tertiary/aromatic N) is 2. The van der Waals surface area contributed by atoms with Crippen molar-refractivity contribution in [2.75, 3.05) is 36.8 Å². The molecule has 0 spiro atoms. The van der Waals surface area contributed by atoms with Gasteiger partial charge in [0.2, 0.25) is 5.91 Å². The first-order valence-corrected chi connectivity index (χ1v) is 7.09. The van der Waals surface area contributed by atoms with Crippen molar-refractivity contribution >= 4 is 17.3 Å². The van der Waals surface area contributed by atoms with Crippen LogP contribution in [0.5, 0.6) is 0 Å². The summed E-state index contributed by atoms with van der Waals surface area (Å²) < 4.78 is 0. The molecule has 0 aromatic heterocycles. The van der Waals surface area contributed by atoms with E-state index in [1.807, 2.05) is 29.2 Å². The van der Waals surface area contributed by atoms with Crippen molar-refractivity contribution in [2.45, 2.75) is 26.2 Å². The number of carbonyl (C=O) groups is 1. The minimum absolute atomic E-state index is 0.217. The van der Waals surface area contributed by atoms with Crippen LogP contribution >= 0.6 is 0 Å². The average molecular weight is 261 g/mol. The van der Waals surface area contributed by atoms with E-state index in [2.05, 4.69) is 11.8 Å². The zero-order valence-electron chi connectivity index (χ0n) is 11.6. The molecular formula is C15H23N3O. The molecule has 1 saturated heterocycles. The van der Waals surface area contributed by atoms with Crippen LogP contribution < -0.4 is 10.6 Å². The van der Waals surface area contributed by atoms with E-state index < -0.39 is 0 Å². The molecule has 2 rings (SSSR count). The van der Waals surface area contributed by atoms with E-state index in [9.17, 15) is 4.79 Å². The molecule has 1 aliphatic rings. The topological polar surface area (TPSA) is 49.6 Å². The van der Waals surface area contributed by atoms with Gasteiger partial charge in [-0.15, -0.1) is 0 Å². The number of hydrogen-bond acceptors (Lipinski definition) is 3. The lowest BCUT2D eigenvalue weighted by atomic mass is 10.2. The molecule has 1 fully saturated rings. The van der Waals surface area contributed by atoms with Gasteiger partial charge in [0.05, 0.1) is 17.9 Å². The van der Waals surface area contributed by atoms with E-state index in [1.165, 1.54) is 0 Å². The number of benzene rings is 1. The molecule has 0 atom stereocenters. The summed E-state index contributed by atoms with van der Waals surface area (Å²) in [7, 11) is 0. The molecule has 2 N–H and O–H groups in total. The van der Waals surface area contributed by atoms with Crippen LogP contribution in [-0.2, 0) is 4.79 Å². The Morgan fingerprint density at radius 2 is 2.00 bits per heavy atom. The number of nitrogen functional groups attached to an aromatic ring is 1. The van der Waals surface area contributed by atoms with Gasteiger partial charge in [-0.05, 0) is 31.4 Å². The van der Waals surface area contributed by atoms with Crippen LogP contribution in [-0.4, -0.2) is 37.0 Å². The number of carbonyl (C=O) groups excluding carboxylic acids is 1. The highest BCUT2D eigenvalue weighted by Crippen LogP contribution is 2.23. The first-order chi connectivity index (χ1) is 9.22. The number of likely N-dealkylation sites (tertiary alicyclic amines) is 1. The molecule has 19 heavy (non-hydrogen) atoms. The smallest absolute Gasteiger partial charge is 0.242 e. The van der Waals surface area contributed by atoms with E-state index in [1.54, 1.807) is 0 Å². The summed E-state index contributed by atoms with van der Waals surface area (Å²) >= 11 is 0. The van der Waals surface area contributed by atoms with Crippen LogP contribution in [0, 0.1) is 0 Å². The molecule has 1 heterocycles. The summed E-state index contributed by atoms with van der Waals surface area (Å²) in [4.78, 5) is 16.3. The van der Waals surface area contributed by atoms with E-state index in [-0.39, 0.29) is 5.91 Å². The fraction of sp³-hybridized carbons (Fsp3) is 0.533. The Hall–Kier alpha value is -1.71. The van der Waals surface area contributed by atoms with Crippen molar-refractivity contribution < 1.29 is 4.79 Å². The van der Waals surface area contributed by atoms with E-state index in [0.717, 1.165) is 50.3 Å². The van der Waals surface area contributed by atoms with Crippen LogP contribution in [0.3, 0.4) is 0 Å². The summed E-state index contributed by atoms with van der Waals surface area (Å²) in [5.74, 6) is 0.217. The van der Waals surface area contributed by atoms with Gasteiger partial charge in [-0.1, -0.05) is 19.1 Å². The van der Waals surface area contributed by atoms with Gasteiger partial charge >= 0.3 is 0 Å². The predicted octanol–water partition coefficient (Wildman–Crippen LogP) is 2.11. The first kappa shape index (κ1) is 13.7. The summed E-state index contributed by atoms with van der Waals surface area (Å²) in [6.07, 6.45) is 3.27. The van der Waals surface area contributed by atoms with Crippen molar-refractivity contribution in [1.29, 1.82) is 0 Å². The fourth-order valence-electron chi connectivity index (χ4n) is 2.56. The van der Waals surface area contributed by atoms with Gasteiger partial charge in [0.15, 0.2) is 0 Å². The molecule has 0 aliphatic carbocycles. The quantitative estimate of drug-likeness (QED) is 0.826. The normalized spacial score (nSPS) is 14.7. The summed E-state index contributed by atoms with van der Waals surface area (Å²) in [5.41, 5.74) is 7.72. The Morgan fingerprint density at radius 1 is 1.32 bits per heavy atom. The second-order valence-electron chi connectivity index (χ2n) is 5.07. The van der Waals surface area contributed by atoms with Crippen LogP contribution in [0.15, 0.2) is 24.3 Å². The van der Waals surface area contributed by atoms with E-state index in [0.29, 0.717) is 6.54 Å². The van der Waals surface area contributed by atoms with Gasteiger partial charge in [-0.3, -0.25) is 4.79 Å². The fourth-order valence-corrected chi connectivity index (χ4v) is 2.56. The highest BCUT2D eigenvalue weighted by Gasteiger charge is 2.21. The maximum Gasteiger partial charge on any atom is 0.242 e. The molecular weight excluding hydrogens is 238 g/mol. The molecule has 4 heteroatoms. The number of hydrogen-bond donors (Lipinski definition) is 1. The molecule has 1 aromatic carbocycles. The SMILES string of the molecule is CCCN(CC(=O)N1CCCC1)c1ccccc1N. The van der Waals surface area contributed by atoms with Crippen LogP contribution in [0.2, 0.25) is 0 Å². The lowest BCUT2D eigenvalue weighted by Crippen LogP contribution is -2.39. The first-order valence-electron chi connectivity index (χ1n) is 7.09. The number of rotatable bonds is 5. The number of nitrogens with two attached hydrogens (primary N) is 1. The monoisotopic (exact) mass is 261 g/mol. The minimum Gasteiger partial charge on any atom is -0.397 e. The molecule has 0 saturated carbocycles. The maximum absolute atomic E-state index is 12.3. The van der Waals surface area contributed by atoms with Gasteiger partial charge in [0, 0.05) is 19.6 Å². The highest BCUT2D eigenvalue weighted by molar-refractivity contribution is 5.83. The predicted molar refractivity (Wildman–Crippen MR) is 79.2 cm³/mol. The second-order valence-corrected chi connectivity index (χ2v) is 5.07. The lowest BCUT2D eigenvalue weighted by Gasteiger charge is -2.27. The number of anilines is 2. The van der Waals surface area contributed by atoms with Crippen LogP contribution in [0.4, 0.5) is 11.4 Å². The van der Waals surface area contributed by atoms with E-state index >= 15 is 0 Å². The summed E-state index contributed by atoms with van der Waals surface area (Å²) in [6, 6.07) is 7.76. The Morgan fingerprint density at radius 3 is 2.63 bits per heavy atom. The van der Waals surface area contributed by atoms with Gasteiger partial charge in [-0.25, -0.2) is 0 Å². The van der Waals surface area contributed by atoms with E-state index in [4.69, 9.17) is 5.73 Å².